The van der Waals surface area contributed by atoms with Gasteiger partial charge in [0.25, 0.3) is 5.91 Å². The summed E-state index contributed by atoms with van der Waals surface area (Å²) in [4.78, 5) is 17.1. The Morgan fingerprint density at radius 3 is 2.41 bits per heavy atom. The second kappa shape index (κ2) is 8.35. The summed E-state index contributed by atoms with van der Waals surface area (Å²) in [7, 11) is 0. The fourth-order valence-corrected chi connectivity index (χ4v) is 2.86. The molecule has 6 heteroatoms. The number of nitrogens with one attached hydrogen (secondary N) is 1. The average molecular weight is 384 g/mol. The van der Waals surface area contributed by atoms with Crippen molar-refractivity contribution in [1.29, 1.82) is 0 Å². The highest BCUT2D eigenvalue weighted by molar-refractivity contribution is 6.30. The minimum atomic E-state index is -0.354. The van der Waals surface area contributed by atoms with E-state index in [4.69, 9.17) is 16.1 Å². The van der Waals surface area contributed by atoms with Crippen LogP contribution in [-0.2, 0) is 0 Å². The molecular formula is C21H22ClN3O2. The Kier molecular flexibility index (Phi) is 5.91. The van der Waals surface area contributed by atoms with Gasteiger partial charge in [-0.2, -0.15) is 4.98 Å². The zero-order valence-electron chi connectivity index (χ0n) is 15.6. The molecule has 0 saturated heterocycles. The van der Waals surface area contributed by atoms with Crippen LogP contribution in [0.1, 0.15) is 48.1 Å². The standard InChI is InChI=1S/C21H22ClN3O2/c1-13(2)12-18(23-20(26)16-6-4-14(3)5-7-16)21-24-19(25-27-21)15-8-10-17(22)11-9-15/h4-11,13,18H,12H2,1-3H3,(H,23,26)/t18-/m0/s1. The first-order valence-electron chi connectivity index (χ1n) is 8.89. The van der Waals surface area contributed by atoms with Crippen molar-refractivity contribution in [1.82, 2.24) is 15.5 Å². The largest absolute Gasteiger partial charge is 0.340 e. The van der Waals surface area contributed by atoms with Crippen molar-refractivity contribution < 1.29 is 9.32 Å². The van der Waals surface area contributed by atoms with Crippen molar-refractivity contribution in [2.75, 3.05) is 0 Å². The molecule has 0 fully saturated rings. The maximum atomic E-state index is 12.6. The number of halogens is 1. The van der Waals surface area contributed by atoms with E-state index in [0.717, 1.165) is 11.1 Å². The molecule has 1 aromatic heterocycles. The third-order valence-corrected chi connectivity index (χ3v) is 4.42. The van der Waals surface area contributed by atoms with Gasteiger partial charge in [0.05, 0.1) is 0 Å². The highest BCUT2D eigenvalue weighted by Crippen LogP contribution is 2.24. The van der Waals surface area contributed by atoms with Gasteiger partial charge in [0.1, 0.15) is 6.04 Å². The van der Waals surface area contributed by atoms with Crippen LogP contribution in [0.15, 0.2) is 53.1 Å². The van der Waals surface area contributed by atoms with E-state index in [1.54, 1.807) is 12.1 Å². The first-order chi connectivity index (χ1) is 12.9. The summed E-state index contributed by atoms with van der Waals surface area (Å²) >= 11 is 5.93. The van der Waals surface area contributed by atoms with Crippen LogP contribution in [0.2, 0.25) is 5.02 Å². The molecule has 0 unspecified atom stereocenters. The van der Waals surface area contributed by atoms with Gasteiger partial charge < -0.3 is 9.84 Å². The molecular weight excluding hydrogens is 362 g/mol. The predicted octanol–water partition coefficient (Wildman–Crippen LogP) is 5.22. The van der Waals surface area contributed by atoms with Crippen molar-refractivity contribution in [3.63, 3.8) is 0 Å². The number of rotatable bonds is 6. The number of hydrogen-bond donors (Lipinski definition) is 1. The molecule has 0 radical (unpaired) electrons. The van der Waals surface area contributed by atoms with Gasteiger partial charge in [-0.15, -0.1) is 0 Å². The van der Waals surface area contributed by atoms with Crippen LogP contribution in [0, 0.1) is 12.8 Å². The van der Waals surface area contributed by atoms with Crippen molar-refractivity contribution in [3.8, 4) is 11.4 Å². The van der Waals surface area contributed by atoms with Crippen LogP contribution in [0.4, 0.5) is 0 Å². The van der Waals surface area contributed by atoms with Crippen LogP contribution in [0.25, 0.3) is 11.4 Å². The quantitative estimate of drug-likeness (QED) is 0.633. The van der Waals surface area contributed by atoms with Gasteiger partial charge in [-0.3, -0.25) is 4.79 Å². The molecule has 0 aliphatic rings. The molecule has 0 spiro atoms. The Morgan fingerprint density at radius 2 is 1.78 bits per heavy atom. The Labute approximate surface area is 163 Å². The third kappa shape index (κ3) is 4.95. The summed E-state index contributed by atoms with van der Waals surface area (Å²) in [5.41, 5.74) is 2.52. The number of carbonyl (C=O) groups excluding carboxylic acids is 1. The van der Waals surface area contributed by atoms with Gasteiger partial charge >= 0.3 is 0 Å². The molecule has 1 amide bonds. The molecule has 0 bridgehead atoms. The van der Waals surface area contributed by atoms with Gasteiger partial charge in [-0.1, -0.05) is 48.3 Å². The fraction of sp³-hybridized carbons (Fsp3) is 0.286. The molecule has 0 aliphatic heterocycles. The first-order valence-corrected chi connectivity index (χ1v) is 9.27. The molecule has 1 heterocycles. The smallest absolute Gasteiger partial charge is 0.251 e. The molecule has 0 saturated carbocycles. The average Bonchev–Trinajstić information content (AvgIpc) is 3.12. The lowest BCUT2D eigenvalue weighted by Gasteiger charge is -2.17. The number of aromatic nitrogens is 2. The normalized spacial score (nSPS) is 12.2. The van der Waals surface area contributed by atoms with Crippen LogP contribution in [-0.4, -0.2) is 16.0 Å². The van der Waals surface area contributed by atoms with Crippen molar-refractivity contribution in [2.45, 2.75) is 33.2 Å². The van der Waals surface area contributed by atoms with E-state index in [2.05, 4.69) is 29.3 Å². The summed E-state index contributed by atoms with van der Waals surface area (Å²) in [5.74, 6) is 1.06. The lowest BCUT2D eigenvalue weighted by molar-refractivity contribution is 0.0922. The number of nitrogens with zero attached hydrogens (tertiary/aromatic N) is 2. The molecule has 2 aromatic carbocycles. The first kappa shape index (κ1) is 19.1. The molecule has 3 rings (SSSR count). The van der Waals surface area contributed by atoms with Crippen LogP contribution < -0.4 is 5.32 Å². The summed E-state index contributed by atoms with van der Waals surface area (Å²) < 4.78 is 5.46. The number of benzene rings is 2. The van der Waals surface area contributed by atoms with E-state index < -0.39 is 0 Å². The maximum Gasteiger partial charge on any atom is 0.251 e. The SMILES string of the molecule is Cc1ccc(C(=O)N[C@@H](CC(C)C)c2nc(-c3ccc(Cl)cc3)no2)cc1. The molecule has 5 nitrogen and oxygen atoms in total. The molecule has 1 atom stereocenters. The van der Waals surface area contributed by atoms with E-state index in [0.29, 0.717) is 34.6 Å². The van der Waals surface area contributed by atoms with Crippen LogP contribution in [0.3, 0.4) is 0 Å². The highest BCUT2D eigenvalue weighted by Gasteiger charge is 2.23. The zero-order chi connectivity index (χ0) is 19.4. The number of hydrogen-bond acceptors (Lipinski definition) is 4. The lowest BCUT2D eigenvalue weighted by atomic mass is 10.0. The summed E-state index contributed by atoms with van der Waals surface area (Å²) in [5, 5.41) is 7.72. The van der Waals surface area contributed by atoms with Gasteiger partial charge in [-0.05, 0) is 55.7 Å². The second-order valence-corrected chi connectivity index (χ2v) is 7.42. The van der Waals surface area contributed by atoms with Crippen LogP contribution >= 0.6 is 11.6 Å². The monoisotopic (exact) mass is 383 g/mol. The Balaban J connectivity index is 1.81. The number of amides is 1. The molecule has 27 heavy (non-hydrogen) atoms. The van der Waals surface area contributed by atoms with Crippen molar-refractivity contribution in [2.24, 2.45) is 5.92 Å². The van der Waals surface area contributed by atoms with Gasteiger partial charge in [0, 0.05) is 16.1 Å². The van der Waals surface area contributed by atoms with Crippen molar-refractivity contribution in [3.05, 3.63) is 70.6 Å². The predicted molar refractivity (Wildman–Crippen MR) is 106 cm³/mol. The van der Waals surface area contributed by atoms with E-state index in [1.807, 2.05) is 43.3 Å². The molecule has 140 valence electrons. The number of aryl methyl sites for hydroxylation is 1. The van der Waals surface area contributed by atoms with E-state index in [1.165, 1.54) is 0 Å². The molecule has 0 aliphatic carbocycles. The molecule has 1 N–H and O–H groups in total. The Bertz CT molecular complexity index is 902. The Morgan fingerprint density at radius 1 is 1.11 bits per heavy atom. The fourth-order valence-electron chi connectivity index (χ4n) is 2.73. The molecule has 3 aromatic rings. The summed E-state index contributed by atoms with van der Waals surface area (Å²) in [6, 6.07) is 14.3. The Hall–Kier alpha value is -2.66. The minimum Gasteiger partial charge on any atom is -0.340 e. The van der Waals surface area contributed by atoms with Gasteiger partial charge in [0.2, 0.25) is 11.7 Å². The van der Waals surface area contributed by atoms with E-state index in [9.17, 15) is 4.79 Å². The maximum absolute atomic E-state index is 12.6. The third-order valence-electron chi connectivity index (χ3n) is 4.17. The summed E-state index contributed by atoms with van der Waals surface area (Å²) in [6.07, 6.45) is 0.694. The van der Waals surface area contributed by atoms with Gasteiger partial charge in [0.15, 0.2) is 0 Å². The van der Waals surface area contributed by atoms with Crippen molar-refractivity contribution >= 4 is 17.5 Å². The zero-order valence-corrected chi connectivity index (χ0v) is 16.3. The van der Waals surface area contributed by atoms with E-state index in [-0.39, 0.29) is 11.9 Å². The second-order valence-electron chi connectivity index (χ2n) is 6.98. The lowest BCUT2D eigenvalue weighted by Crippen LogP contribution is -2.29. The minimum absolute atomic E-state index is 0.160. The van der Waals surface area contributed by atoms with Gasteiger partial charge in [-0.25, -0.2) is 0 Å². The van der Waals surface area contributed by atoms with E-state index >= 15 is 0 Å². The highest BCUT2D eigenvalue weighted by atomic mass is 35.5. The van der Waals surface area contributed by atoms with Crippen LogP contribution in [0.5, 0.6) is 0 Å². The topological polar surface area (TPSA) is 68.0 Å². The summed E-state index contributed by atoms with van der Waals surface area (Å²) in [6.45, 7) is 6.16. The number of carbonyl (C=O) groups is 1.